The zero-order chi connectivity index (χ0) is 15.5. The molecular formula is C13H19FN2O4S. The van der Waals surface area contributed by atoms with E-state index in [-0.39, 0.29) is 18.8 Å². The zero-order valence-electron chi connectivity index (χ0n) is 12.1. The lowest BCUT2D eigenvalue weighted by Crippen LogP contribution is -2.35. The third-order valence-electron chi connectivity index (χ3n) is 3.23. The summed E-state index contributed by atoms with van der Waals surface area (Å²) in [6, 6.07) is 2.51. The molecule has 1 aromatic rings. The Bertz CT molecular complexity index is 606. The number of halogens is 1. The van der Waals surface area contributed by atoms with Crippen LogP contribution in [0.2, 0.25) is 0 Å². The summed E-state index contributed by atoms with van der Waals surface area (Å²) in [5.74, 6) is -0.0807. The second kappa shape index (κ2) is 6.59. The number of anilines is 1. The largest absolute Gasteiger partial charge is 0.491 e. The van der Waals surface area contributed by atoms with Crippen molar-refractivity contribution < 1.29 is 22.3 Å². The number of benzene rings is 1. The summed E-state index contributed by atoms with van der Waals surface area (Å²) in [5, 5.41) is 0. The zero-order valence-corrected chi connectivity index (χ0v) is 12.9. The molecule has 0 saturated carbocycles. The Morgan fingerprint density at radius 1 is 1.48 bits per heavy atom. The van der Waals surface area contributed by atoms with Gasteiger partial charge in [-0.3, -0.25) is 4.72 Å². The van der Waals surface area contributed by atoms with Crippen molar-refractivity contribution in [3.63, 3.8) is 0 Å². The molecule has 6 nitrogen and oxygen atoms in total. The number of ether oxygens (including phenoxy) is 2. The summed E-state index contributed by atoms with van der Waals surface area (Å²) in [5.41, 5.74) is 0.812. The third kappa shape index (κ3) is 3.84. The van der Waals surface area contributed by atoms with E-state index in [1.165, 1.54) is 20.2 Å². The molecule has 2 rings (SSSR count). The molecule has 1 aliphatic heterocycles. The predicted octanol–water partition coefficient (Wildman–Crippen LogP) is 1.39. The lowest BCUT2D eigenvalue weighted by molar-refractivity contribution is 0.185. The number of fused-ring (bicyclic) bond motifs is 1. The normalized spacial score (nSPS) is 14.7. The van der Waals surface area contributed by atoms with Gasteiger partial charge in [0, 0.05) is 26.8 Å². The van der Waals surface area contributed by atoms with E-state index in [1.807, 2.05) is 0 Å². The van der Waals surface area contributed by atoms with Crippen molar-refractivity contribution >= 4 is 15.9 Å². The monoisotopic (exact) mass is 318 g/mol. The number of nitrogens with zero attached hydrogens (tertiary/aromatic N) is 1. The lowest BCUT2D eigenvalue weighted by Gasteiger charge is -2.23. The predicted molar refractivity (Wildman–Crippen MR) is 77.3 cm³/mol. The Morgan fingerprint density at radius 3 is 2.95 bits per heavy atom. The maximum atomic E-state index is 13.6. The molecule has 0 bridgehead atoms. The molecule has 0 aromatic heterocycles. The van der Waals surface area contributed by atoms with E-state index in [4.69, 9.17) is 9.47 Å². The maximum Gasteiger partial charge on any atom is 0.301 e. The Labute approximate surface area is 124 Å². The van der Waals surface area contributed by atoms with E-state index in [0.29, 0.717) is 24.3 Å². The van der Waals surface area contributed by atoms with Gasteiger partial charge in [0.15, 0.2) is 0 Å². The number of nitrogens with one attached hydrogen (secondary N) is 1. The molecule has 1 heterocycles. The van der Waals surface area contributed by atoms with Gasteiger partial charge in [-0.15, -0.1) is 0 Å². The number of methoxy groups -OCH3 is 1. The van der Waals surface area contributed by atoms with Crippen molar-refractivity contribution in [1.82, 2.24) is 4.31 Å². The number of hydrogen-bond donors (Lipinski definition) is 1. The molecule has 8 heteroatoms. The first kappa shape index (κ1) is 16.0. The van der Waals surface area contributed by atoms with Crippen LogP contribution < -0.4 is 9.46 Å². The maximum absolute atomic E-state index is 13.6. The molecule has 0 fully saturated rings. The molecule has 0 radical (unpaired) electrons. The van der Waals surface area contributed by atoms with E-state index < -0.39 is 16.0 Å². The van der Waals surface area contributed by atoms with Crippen molar-refractivity contribution in [1.29, 1.82) is 0 Å². The van der Waals surface area contributed by atoms with Crippen LogP contribution in [0.1, 0.15) is 12.0 Å². The van der Waals surface area contributed by atoms with Crippen molar-refractivity contribution in [3.05, 3.63) is 23.5 Å². The highest BCUT2D eigenvalue weighted by molar-refractivity contribution is 7.90. The van der Waals surface area contributed by atoms with Gasteiger partial charge in [-0.1, -0.05) is 0 Å². The minimum atomic E-state index is -3.78. The highest BCUT2D eigenvalue weighted by atomic mass is 32.2. The summed E-state index contributed by atoms with van der Waals surface area (Å²) >= 11 is 0. The minimum Gasteiger partial charge on any atom is -0.491 e. The van der Waals surface area contributed by atoms with Crippen molar-refractivity contribution in [3.8, 4) is 5.75 Å². The van der Waals surface area contributed by atoms with Crippen LogP contribution >= 0.6 is 0 Å². The van der Waals surface area contributed by atoms with Gasteiger partial charge in [-0.25, -0.2) is 4.39 Å². The lowest BCUT2D eigenvalue weighted by atomic mass is 10.1. The van der Waals surface area contributed by atoms with Gasteiger partial charge in [-0.2, -0.15) is 12.7 Å². The third-order valence-corrected chi connectivity index (χ3v) is 4.71. The summed E-state index contributed by atoms with van der Waals surface area (Å²) in [4.78, 5) is 0. The molecule has 1 aliphatic rings. The number of aryl methyl sites for hydroxylation is 1. The van der Waals surface area contributed by atoms with Gasteiger partial charge in [0.2, 0.25) is 0 Å². The fourth-order valence-corrected chi connectivity index (χ4v) is 2.98. The van der Waals surface area contributed by atoms with E-state index in [1.54, 1.807) is 0 Å². The van der Waals surface area contributed by atoms with Crippen molar-refractivity contribution in [2.75, 3.05) is 38.6 Å². The topological polar surface area (TPSA) is 67.9 Å². The van der Waals surface area contributed by atoms with E-state index in [9.17, 15) is 12.8 Å². The van der Waals surface area contributed by atoms with Gasteiger partial charge in [0.1, 0.15) is 11.6 Å². The second-order valence-corrected chi connectivity index (χ2v) is 6.59. The molecule has 0 spiro atoms. The molecule has 0 saturated heterocycles. The van der Waals surface area contributed by atoms with Crippen LogP contribution in [0.5, 0.6) is 5.75 Å². The van der Waals surface area contributed by atoms with Crippen LogP contribution in [0.4, 0.5) is 10.1 Å². The van der Waals surface area contributed by atoms with E-state index in [0.717, 1.165) is 16.8 Å². The molecule has 1 N–H and O–H groups in total. The molecular weight excluding hydrogens is 299 g/mol. The Hall–Kier alpha value is -1.38. The summed E-state index contributed by atoms with van der Waals surface area (Å²) in [6.07, 6.45) is 1.46. The standard InChI is InChI=1S/C13H19FN2O4S/c1-16(5-7-19-2)21(17,18)15-12-9-11(14)8-10-4-3-6-20-13(10)12/h8-9,15H,3-7H2,1-2H3. The van der Waals surface area contributed by atoms with Crippen LogP contribution in [0.15, 0.2) is 12.1 Å². The van der Waals surface area contributed by atoms with Gasteiger partial charge in [0.05, 0.1) is 18.9 Å². The van der Waals surface area contributed by atoms with Gasteiger partial charge >= 0.3 is 10.2 Å². The first-order valence-corrected chi connectivity index (χ1v) is 8.06. The summed E-state index contributed by atoms with van der Waals surface area (Å²) < 4.78 is 51.8. The van der Waals surface area contributed by atoms with E-state index in [2.05, 4.69) is 4.72 Å². The summed E-state index contributed by atoms with van der Waals surface area (Å²) in [7, 11) is -0.864. The molecule has 1 aromatic carbocycles. The van der Waals surface area contributed by atoms with Crippen LogP contribution in [-0.4, -0.2) is 46.6 Å². The highest BCUT2D eigenvalue weighted by Crippen LogP contribution is 2.34. The Kier molecular flexibility index (Phi) is 5.02. The van der Waals surface area contributed by atoms with Crippen molar-refractivity contribution in [2.45, 2.75) is 12.8 Å². The second-order valence-electron chi connectivity index (χ2n) is 4.82. The molecule has 0 unspecified atom stereocenters. The minimum absolute atomic E-state index is 0.133. The van der Waals surface area contributed by atoms with Gasteiger partial charge in [-0.05, 0) is 24.5 Å². The van der Waals surface area contributed by atoms with Crippen LogP contribution in [-0.2, 0) is 21.4 Å². The molecule has 0 amide bonds. The molecule has 0 atom stereocenters. The van der Waals surface area contributed by atoms with Gasteiger partial charge < -0.3 is 9.47 Å². The van der Waals surface area contributed by atoms with Gasteiger partial charge in [0.25, 0.3) is 0 Å². The quantitative estimate of drug-likeness (QED) is 0.860. The van der Waals surface area contributed by atoms with Crippen LogP contribution in [0.3, 0.4) is 0 Å². The smallest absolute Gasteiger partial charge is 0.301 e. The fraction of sp³-hybridized carbons (Fsp3) is 0.538. The highest BCUT2D eigenvalue weighted by Gasteiger charge is 2.23. The molecule has 0 aliphatic carbocycles. The Balaban J connectivity index is 2.24. The van der Waals surface area contributed by atoms with Crippen molar-refractivity contribution in [2.24, 2.45) is 0 Å². The average Bonchev–Trinajstić information content (AvgIpc) is 2.44. The number of hydrogen-bond acceptors (Lipinski definition) is 4. The van der Waals surface area contributed by atoms with Crippen LogP contribution in [0.25, 0.3) is 0 Å². The molecule has 118 valence electrons. The first-order chi connectivity index (χ1) is 9.94. The summed E-state index contributed by atoms with van der Waals surface area (Å²) in [6.45, 7) is 0.965. The number of rotatable bonds is 6. The van der Waals surface area contributed by atoms with Crippen LogP contribution in [0, 0.1) is 5.82 Å². The molecule has 21 heavy (non-hydrogen) atoms. The SMILES string of the molecule is COCCN(C)S(=O)(=O)Nc1cc(F)cc2c1OCCC2. The first-order valence-electron chi connectivity index (χ1n) is 6.62. The average molecular weight is 318 g/mol. The Morgan fingerprint density at radius 2 is 2.24 bits per heavy atom. The van der Waals surface area contributed by atoms with E-state index >= 15 is 0 Å². The fourth-order valence-electron chi connectivity index (χ4n) is 2.08. The number of likely N-dealkylation sites (N-methyl/N-ethyl adjacent to an activating group) is 1.